The molecule has 0 bridgehead atoms. The SMILES string of the molecule is C[C@H](O)CSc1nc2ccccc2s1. The zero-order valence-corrected chi connectivity index (χ0v) is 9.44. The number of thiazole rings is 1. The number of para-hydroxylation sites is 1. The molecule has 0 aliphatic carbocycles. The van der Waals surface area contributed by atoms with E-state index in [-0.39, 0.29) is 6.10 Å². The van der Waals surface area contributed by atoms with Crippen molar-refractivity contribution < 1.29 is 5.11 Å². The van der Waals surface area contributed by atoms with Gasteiger partial charge in [-0.2, -0.15) is 0 Å². The first kappa shape index (κ1) is 9.96. The predicted molar refractivity (Wildman–Crippen MR) is 62.0 cm³/mol. The Morgan fingerprint density at radius 2 is 2.29 bits per heavy atom. The number of aliphatic hydroxyl groups is 1. The fraction of sp³-hybridized carbons (Fsp3) is 0.300. The molecule has 2 rings (SSSR count). The molecule has 4 heteroatoms. The minimum absolute atomic E-state index is 0.271. The van der Waals surface area contributed by atoms with Crippen molar-refractivity contribution in [2.24, 2.45) is 0 Å². The molecule has 1 heterocycles. The minimum Gasteiger partial charge on any atom is -0.393 e. The van der Waals surface area contributed by atoms with Crippen LogP contribution in [0.3, 0.4) is 0 Å². The van der Waals surface area contributed by atoms with E-state index in [1.165, 1.54) is 4.70 Å². The highest BCUT2D eigenvalue weighted by Gasteiger charge is 2.04. The monoisotopic (exact) mass is 225 g/mol. The molecule has 2 aromatic rings. The lowest BCUT2D eigenvalue weighted by Gasteiger charge is -1.98. The number of rotatable bonds is 3. The van der Waals surface area contributed by atoms with Gasteiger partial charge in [0.2, 0.25) is 0 Å². The summed E-state index contributed by atoms with van der Waals surface area (Å²) >= 11 is 3.29. The normalized spacial score (nSPS) is 13.3. The Bertz CT molecular complexity index is 392. The second-order valence-corrected chi connectivity index (χ2v) is 5.41. The Balaban J connectivity index is 2.19. The summed E-state index contributed by atoms with van der Waals surface area (Å²) in [4.78, 5) is 4.46. The average Bonchev–Trinajstić information content (AvgIpc) is 2.57. The van der Waals surface area contributed by atoms with E-state index in [1.54, 1.807) is 30.0 Å². The van der Waals surface area contributed by atoms with Crippen LogP contribution in [0.2, 0.25) is 0 Å². The molecule has 0 fully saturated rings. The van der Waals surface area contributed by atoms with E-state index in [4.69, 9.17) is 5.11 Å². The van der Waals surface area contributed by atoms with Crippen molar-refractivity contribution in [2.45, 2.75) is 17.4 Å². The van der Waals surface area contributed by atoms with Gasteiger partial charge in [0.25, 0.3) is 0 Å². The van der Waals surface area contributed by atoms with Crippen molar-refractivity contribution in [1.82, 2.24) is 4.98 Å². The van der Waals surface area contributed by atoms with Crippen LogP contribution in [0.4, 0.5) is 0 Å². The lowest BCUT2D eigenvalue weighted by molar-refractivity contribution is 0.220. The summed E-state index contributed by atoms with van der Waals surface area (Å²) in [6.07, 6.45) is -0.271. The average molecular weight is 225 g/mol. The molecule has 1 aromatic carbocycles. The standard InChI is InChI=1S/C10H11NOS2/c1-7(12)6-13-10-11-8-4-2-3-5-9(8)14-10/h2-5,7,12H,6H2,1H3/t7-/m0/s1. The van der Waals surface area contributed by atoms with Crippen LogP contribution in [-0.4, -0.2) is 21.9 Å². The van der Waals surface area contributed by atoms with E-state index in [9.17, 15) is 0 Å². The van der Waals surface area contributed by atoms with Crippen molar-refractivity contribution >= 4 is 33.3 Å². The molecule has 0 aliphatic rings. The molecule has 0 spiro atoms. The molecule has 0 radical (unpaired) electrons. The van der Waals surface area contributed by atoms with Gasteiger partial charge in [-0.05, 0) is 19.1 Å². The van der Waals surface area contributed by atoms with Gasteiger partial charge in [0.05, 0.1) is 16.3 Å². The molecule has 0 amide bonds. The Kier molecular flexibility index (Phi) is 3.05. The van der Waals surface area contributed by atoms with Gasteiger partial charge < -0.3 is 5.11 Å². The molecule has 14 heavy (non-hydrogen) atoms. The molecule has 0 aliphatic heterocycles. The van der Waals surface area contributed by atoms with E-state index >= 15 is 0 Å². The van der Waals surface area contributed by atoms with Crippen LogP contribution in [0, 0.1) is 0 Å². The molecule has 0 saturated heterocycles. The van der Waals surface area contributed by atoms with E-state index < -0.39 is 0 Å². The quantitative estimate of drug-likeness (QED) is 0.815. The van der Waals surface area contributed by atoms with Crippen molar-refractivity contribution in [3.63, 3.8) is 0 Å². The molecule has 74 valence electrons. The van der Waals surface area contributed by atoms with Crippen molar-refractivity contribution in [1.29, 1.82) is 0 Å². The molecule has 1 atom stereocenters. The Hall–Kier alpha value is -0.580. The second-order valence-electron chi connectivity index (χ2n) is 3.11. The zero-order chi connectivity index (χ0) is 9.97. The summed E-state index contributed by atoms with van der Waals surface area (Å²) in [5.41, 5.74) is 1.05. The Morgan fingerprint density at radius 1 is 1.50 bits per heavy atom. The molecular weight excluding hydrogens is 214 g/mol. The fourth-order valence-corrected chi connectivity index (χ4v) is 3.06. The van der Waals surface area contributed by atoms with E-state index in [0.29, 0.717) is 5.75 Å². The van der Waals surface area contributed by atoms with Gasteiger partial charge in [-0.15, -0.1) is 11.3 Å². The first-order valence-electron chi connectivity index (χ1n) is 4.42. The van der Waals surface area contributed by atoms with Gasteiger partial charge in [-0.25, -0.2) is 4.98 Å². The van der Waals surface area contributed by atoms with Crippen LogP contribution in [0.25, 0.3) is 10.2 Å². The van der Waals surface area contributed by atoms with Crippen molar-refractivity contribution in [2.75, 3.05) is 5.75 Å². The summed E-state index contributed by atoms with van der Waals surface area (Å²) in [7, 11) is 0. The number of aromatic nitrogens is 1. The second kappa shape index (κ2) is 4.29. The van der Waals surface area contributed by atoms with Gasteiger partial charge in [0.1, 0.15) is 0 Å². The predicted octanol–water partition coefficient (Wildman–Crippen LogP) is 2.77. The fourth-order valence-electron chi connectivity index (χ4n) is 1.10. The maximum Gasteiger partial charge on any atom is 0.151 e. The summed E-state index contributed by atoms with van der Waals surface area (Å²) in [6.45, 7) is 1.79. The van der Waals surface area contributed by atoms with E-state index in [2.05, 4.69) is 11.1 Å². The number of aliphatic hydroxyl groups excluding tert-OH is 1. The molecule has 0 saturated carbocycles. The van der Waals surface area contributed by atoms with Gasteiger partial charge >= 0.3 is 0 Å². The number of thioether (sulfide) groups is 1. The highest BCUT2D eigenvalue weighted by molar-refractivity contribution is 8.01. The molecule has 1 aromatic heterocycles. The lowest BCUT2D eigenvalue weighted by atomic mass is 10.3. The van der Waals surface area contributed by atoms with Crippen molar-refractivity contribution in [3.8, 4) is 0 Å². The van der Waals surface area contributed by atoms with Crippen LogP contribution in [-0.2, 0) is 0 Å². The third-order valence-electron chi connectivity index (χ3n) is 1.72. The van der Waals surface area contributed by atoms with Crippen LogP contribution >= 0.6 is 23.1 Å². The third-order valence-corrected chi connectivity index (χ3v) is 4.14. The zero-order valence-electron chi connectivity index (χ0n) is 7.80. The first-order valence-corrected chi connectivity index (χ1v) is 6.22. The van der Waals surface area contributed by atoms with E-state index in [0.717, 1.165) is 9.86 Å². The van der Waals surface area contributed by atoms with Gasteiger partial charge in [-0.1, -0.05) is 23.9 Å². The Labute approximate surface area is 91.0 Å². The summed E-state index contributed by atoms with van der Waals surface area (Å²) < 4.78 is 2.24. The molecule has 1 N–H and O–H groups in total. The van der Waals surface area contributed by atoms with Gasteiger partial charge in [-0.3, -0.25) is 0 Å². The molecule has 0 unspecified atom stereocenters. The first-order chi connectivity index (χ1) is 6.75. The smallest absolute Gasteiger partial charge is 0.151 e. The van der Waals surface area contributed by atoms with Crippen molar-refractivity contribution in [3.05, 3.63) is 24.3 Å². The van der Waals surface area contributed by atoms with Gasteiger partial charge in [0, 0.05) is 5.75 Å². The minimum atomic E-state index is -0.271. The molecular formula is C10H11NOS2. The summed E-state index contributed by atoms with van der Waals surface area (Å²) in [5, 5.41) is 9.14. The highest BCUT2D eigenvalue weighted by atomic mass is 32.2. The topological polar surface area (TPSA) is 33.1 Å². The van der Waals surface area contributed by atoms with Crippen LogP contribution < -0.4 is 0 Å². The van der Waals surface area contributed by atoms with Crippen LogP contribution in [0.1, 0.15) is 6.92 Å². The summed E-state index contributed by atoms with van der Waals surface area (Å²) in [6, 6.07) is 8.09. The number of hydrogen-bond donors (Lipinski definition) is 1. The third kappa shape index (κ3) is 2.26. The lowest BCUT2D eigenvalue weighted by Crippen LogP contribution is -2.01. The number of hydrogen-bond acceptors (Lipinski definition) is 4. The van der Waals surface area contributed by atoms with Crippen LogP contribution in [0.15, 0.2) is 28.6 Å². The number of nitrogens with zero attached hydrogens (tertiary/aromatic N) is 1. The largest absolute Gasteiger partial charge is 0.393 e. The summed E-state index contributed by atoms with van der Waals surface area (Å²) in [5.74, 6) is 0.708. The maximum absolute atomic E-state index is 9.14. The maximum atomic E-state index is 9.14. The van der Waals surface area contributed by atoms with E-state index in [1.807, 2.05) is 18.2 Å². The Morgan fingerprint density at radius 3 is 3.00 bits per heavy atom. The molecule has 2 nitrogen and oxygen atoms in total. The number of fused-ring (bicyclic) bond motifs is 1. The highest BCUT2D eigenvalue weighted by Crippen LogP contribution is 2.29. The van der Waals surface area contributed by atoms with Gasteiger partial charge in [0.15, 0.2) is 4.34 Å². The number of benzene rings is 1. The van der Waals surface area contributed by atoms with Crippen LogP contribution in [0.5, 0.6) is 0 Å².